The summed E-state index contributed by atoms with van der Waals surface area (Å²) in [4.78, 5) is 17.3. The minimum absolute atomic E-state index is 0.263. The SMILES string of the molecule is Cc1cc(C(F)F)nc2sc(C(=O)Nc3ccc4ccccc4c3)c(N)c12. The van der Waals surface area contributed by atoms with E-state index >= 15 is 0 Å². The zero-order valence-corrected chi connectivity index (χ0v) is 15.1. The molecule has 0 unspecified atom stereocenters. The third kappa shape index (κ3) is 3.10. The Hall–Kier alpha value is -3.06. The maximum atomic E-state index is 13.0. The Morgan fingerprint density at radius 1 is 1.15 bits per heavy atom. The van der Waals surface area contributed by atoms with Crippen molar-refractivity contribution < 1.29 is 13.6 Å². The summed E-state index contributed by atoms with van der Waals surface area (Å²) in [5, 5.41) is 5.44. The van der Waals surface area contributed by atoms with Crippen LogP contribution in [0.3, 0.4) is 0 Å². The van der Waals surface area contributed by atoms with Crippen molar-refractivity contribution in [3.05, 3.63) is 64.7 Å². The number of halogens is 2. The normalized spacial score (nSPS) is 11.4. The Morgan fingerprint density at radius 2 is 1.89 bits per heavy atom. The summed E-state index contributed by atoms with van der Waals surface area (Å²) in [6, 6.07) is 14.7. The Morgan fingerprint density at radius 3 is 2.63 bits per heavy atom. The van der Waals surface area contributed by atoms with Crippen LogP contribution in [0.15, 0.2) is 48.5 Å². The fraction of sp³-hybridized carbons (Fsp3) is 0.100. The van der Waals surface area contributed by atoms with E-state index < -0.39 is 6.43 Å². The van der Waals surface area contributed by atoms with Gasteiger partial charge in [-0.05, 0) is 41.5 Å². The highest BCUT2D eigenvalue weighted by Crippen LogP contribution is 2.36. The number of carbonyl (C=O) groups excluding carboxylic acids is 1. The van der Waals surface area contributed by atoms with Crippen molar-refractivity contribution in [1.82, 2.24) is 4.98 Å². The van der Waals surface area contributed by atoms with Crippen LogP contribution in [0.25, 0.3) is 21.0 Å². The number of rotatable bonds is 3. The molecule has 4 nitrogen and oxygen atoms in total. The van der Waals surface area contributed by atoms with Gasteiger partial charge in [-0.1, -0.05) is 30.3 Å². The van der Waals surface area contributed by atoms with Gasteiger partial charge in [-0.15, -0.1) is 11.3 Å². The van der Waals surface area contributed by atoms with Crippen LogP contribution < -0.4 is 11.1 Å². The van der Waals surface area contributed by atoms with E-state index in [1.807, 2.05) is 42.5 Å². The van der Waals surface area contributed by atoms with E-state index in [9.17, 15) is 13.6 Å². The number of aromatic nitrogens is 1. The van der Waals surface area contributed by atoms with Gasteiger partial charge in [-0.3, -0.25) is 4.79 Å². The fourth-order valence-corrected chi connectivity index (χ4v) is 4.14. The van der Waals surface area contributed by atoms with Crippen LogP contribution in [0.4, 0.5) is 20.2 Å². The predicted octanol–water partition coefficient (Wildman–Crippen LogP) is 5.53. The van der Waals surface area contributed by atoms with Crippen molar-refractivity contribution >= 4 is 49.6 Å². The van der Waals surface area contributed by atoms with Gasteiger partial charge in [0.2, 0.25) is 0 Å². The molecule has 0 fully saturated rings. The summed E-state index contributed by atoms with van der Waals surface area (Å²) in [7, 11) is 0. The molecule has 0 saturated heterocycles. The number of hydrogen-bond donors (Lipinski definition) is 2. The standard InChI is InChI=1S/C20H15F2N3OS/c1-10-8-14(18(21)22)25-20-15(10)16(23)17(27-20)19(26)24-13-7-6-11-4-2-3-5-12(11)9-13/h2-9,18H,23H2,1H3,(H,24,26). The molecule has 0 aliphatic heterocycles. The predicted molar refractivity (Wildman–Crippen MR) is 106 cm³/mol. The number of pyridine rings is 1. The third-order valence-corrected chi connectivity index (χ3v) is 5.45. The Labute approximate surface area is 157 Å². The van der Waals surface area contributed by atoms with Gasteiger partial charge >= 0.3 is 0 Å². The van der Waals surface area contributed by atoms with E-state index in [1.165, 1.54) is 6.07 Å². The third-order valence-electron chi connectivity index (χ3n) is 4.35. The second-order valence-electron chi connectivity index (χ2n) is 6.21. The lowest BCUT2D eigenvalue weighted by Gasteiger charge is -2.06. The molecule has 4 aromatic rings. The first-order chi connectivity index (χ1) is 12.9. The van der Waals surface area contributed by atoms with E-state index in [0.717, 1.165) is 22.1 Å². The monoisotopic (exact) mass is 383 g/mol. The molecule has 3 N–H and O–H groups in total. The topological polar surface area (TPSA) is 68.0 Å². The van der Waals surface area contributed by atoms with Crippen LogP contribution in [0.5, 0.6) is 0 Å². The average molecular weight is 383 g/mol. The average Bonchev–Trinajstić information content (AvgIpc) is 2.99. The van der Waals surface area contributed by atoms with Crippen LogP contribution in [0, 0.1) is 6.92 Å². The van der Waals surface area contributed by atoms with E-state index in [1.54, 1.807) is 6.92 Å². The number of fused-ring (bicyclic) bond motifs is 2. The van der Waals surface area contributed by atoms with Crippen LogP contribution in [0.1, 0.15) is 27.4 Å². The zero-order valence-electron chi connectivity index (χ0n) is 14.3. The van der Waals surface area contributed by atoms with Crippen molar-refractivity contribution in [2.45, 2.75) is 13.3 Å². The second kappa shape index (κ2) is 6.59. The van der Waals surface area contributed by atoms with Gasteiger partial charge in [0.1, 0.15) is 15.4 Å². The second-order valence-corrected chi connectivity index (χ2v) is 7.20. The van der Waals surface area contributed by atoms with Gasteiger partial charge in [0.05, 0.1) is 5.69 Å². The minimum atomic E-state index is -2.67. The number of benzene rings is 2. The molecule has 0 aliphatic rings. The van der Waals surface area contributed by atoms with Crippen LogP contribution >= 0.6 is 11.3 Å². The highest BCUT2D eigenvalue weighted by Gasteiger charge is 2.21. The molecule has 0 radical (unpaired) electrons. The number of carbonyl (C=O) groups is 1. The maximum Gasteiger partial charge on any atom is 0.280 e. The molecule has 0 bridgehead atoms. The van der Waals surface area contributed by atoms with Crippen molar-refractivity contribution in [1.29, 1.82) is 0 Å². The number of nitrogens with two attached hydrogens (primary N) is 1. The highest BCUT2D eigenvalue weighted by molar-refractivity contribution is 7.21. The van der Waals surface area contributed by atoms with Crippen molar-refractivity contribution in [3.63, 3.8) is 0 Å². The molecule has 2 heterocycles. The molecule has 7 heteroatoms. The van der Waals surface area contributed by atoms with Crippen molar-refractivity contribution in [3.8, 4) is 0 Å². The number of alkyl halides is 2. The van der Waals surface area contributed by atoms with Gasteiger partial charge in [0.25, 0.3) is 12.3 Å². The summed E-state index contributed by atoms with van der Waals surface area (Å²) >= 11 is 1.02. The fourth-order valence-electron chi connectivity index (χ4n) is 3.07. The summed E-state index contributed by atoms with van der Waals surface area (Å²) in [5.41, 5.74) is 7.29. The van der Waals surface area contributed by atoms with Gasteiger partial charge in [0.15, 0.2) is 0 Å². The molecule has 1 amide bonds. The number of hydrogen-bond acceptors (Lipinski definition) is 4. The Balaban J connectivity index is 1.71. The molecule has 0 aliphatic carbocycles. The summed E-state index contributed by atoms with van der Waals surface area (Å²) in [5.74, 6) is -0.385. The number of aryl methyl sites for hydroxylation is 1. The number of nitrogen functional groups attached to an aromatic ring is 1. The molecular formula is C20H15F2N3OS. The highest BCUT2D eigenvalue weighted by atomic mass is 32.1. The molecule has 0 spiro atoms. The molecule has 2 aromatic heterocycles. The first kappa shape index (κ1) is 17.4. The number of anilines is 2. The van der Waals surface area contributed by atoms with E-state index in [0.29, 0.717) is 21.5 Å². The van der Waals surface area contributed by atoms with E-state index in [-0.39, 0.29) is 22.2 Å². The van der Waals surface area contributed by atoms with Crippen molar-refractivity contribution in [2.24, 2.45) is 0 Å². The zero-order chi connectivity index (χ0) is 19.1. The number of thiophene rings is 1. The van der Waals surface area contributed by atoms with Gasteiger partial charge in [-0.2, -0.15) is 0 Å². The summed E-state index contributed by atoms with van der Waals surface area (Å²) in [6.45, 7) is 1.68. The maximum absolute atomic E-state index is 13.0. The first-order valence-corrected chi connectivity index (χ1v) is 9.03. The van der Waals surface area contributed by atoms with Gasteiger partial charge < -0.3 is 11.1 Å². The lowest BCUT2D eigenvalue weighted by Crippen LogP contribution is -2.11. The molecule has 0 atom stereocenters. The first-order valence-electron chi connectivity index (χ1n) is 8.22. The van der Waals surface area contributed by atoms with Crippen LogP contribution in [0.2, 0.25) is 0 Å². The molecule has 4 rings (SSSR count). The number of nitrogens with one attached hydrogen (secondary N) is 1. The van der Waals surface area contributed by atoms with E-state index in [2.05, 4.69) is 10.3 Å². The van der Waals surface area contributed by atoms with Gasteiger partial charge in [0, 0.05) is 11.1 Å². The number of amides is 1. The Bertz CT molecular complexity index is 1190. The molecule has 0 saturated carbocycles. The smallest absolute Gasteiger partial charge is 0.280 e. The summed E-state index contributed by atoms with van der Waals surface area (Å²) < 4.78 is 26.0. The van der Waals surface area contributed by atoms with Gasteiger partial charge in [-0.25, -0.2) is 13.8 Å². The van der Waals surface area contributed by atoms with Crippen LogP contribution in [-0.2, 0) is 0 Å². The van der Waals surface area contributed by atoms with Crippen LogP contribution in [-0.4, -0.2) is 10.9 Å². The lowest BCUT2D eigenvalue weighted by molar-refractivity contribution is 0.103. The molecular weight excluding hydrogens is 368 g/mol. The minimum Gasteiger partial charge on any atom is -0.397 e. The van der Waals surface area contributed by atoms with E-state index in [4.69, 9.17) is 5.73 Å². The number of nitrogens with zero attached hydrogens (tertiary/aromatic N) is 1. The Kier molecular flexibility index (Phi) is 4.24. The summed E-state index contributed by atoms with van der Waals surface area (Å²) in [6.07, 6.45) is -2.67. The quantitative estimate of drug-likeness (QED) is 0.489. The molecule has 2 aromatic carbocycles. The largest absolute Gasteiger partial charge is 0.397 e. The lowest BCUT2D eigenvalue weighted by atomic mass is 10.1. The van der Waals surface area contributed by atoms with Crippen molar-refractivity contribution in [2.75, 3.05) is 11.1 Å². The molecule has 136 valence electrons. The molecule has 27 heavy (non-hydrogen) atoms.